The first-order valence-electron chi connectivity index (χ1n) is 13.8. The highest BCUT2D eigenvalue weighted by molar-refractivity contribution is 9.11. The maximum Gasteiger partial charge on any atom is 0.150 e. The van der Waals surface area contributed by atoms with Gasteiger partial charge in [-0.25, -0.2) is 0 Å². The molecule has 0 aliphatic heterocycles. The first kappa shape index (κ1) is 28.6. The fraction of sp³-hybridized carbons (Fsp3) is 0.294. The topological polar surface area (TPSA) is 39.9 Å². The van der Waals surface area contributed by atoms with E-state index in [1.807, 2.05) is 12.1 Å². The lowest BCUT2D eigenvalue weighted by Gasteiger charge is -2.33. The molecule has 0 N–H and O–H groups in total. The molecule has 1 aromatic heterocycles. The van der Waals surface area contributed by atoms with Crippen molar-refractivity contribution in [3.05, 3.63) is 116 Å². The van der Waals surface area contributed by atoms with Gasteiger partial charge >= 0.3 is 0 Å². The first-order valence-corrected chi connectivity index (χ1v) is 15.4. The first-order chi connectivity index (χ1) is 19.1. The number of nitrogens with zero attached hydrogens (tertiary/aromatic N) is 3. The molecule has 0 aliphatic carbocycles. The molecule has 5 aromatic rings. The van der Waals surface area contributed by atoms with E-state index < -0.39 is 0 Å². The van der Waals surface area contributed by atoms with E-state index in [4.69, 9.17) is 14.9 Å². The Morgan fingerprint density at radius 2 is 1.23 bits per heavy atom. The summed E-state index contributed by atoms with van der Waals surface area (Å²) >= 11 is 7.34. The summed E-state index contributed by atoms with van der Waals surface area (Å²) < 4.78 is 8.47. The minimum Gasteiger partial charge on any atom is -0.491 e. The molecule has 0 spiro atoms. The summed E-state index contributed by atoms with van der Waals surface area (Å²) in [6, 6.07) is 29.8. The number of hydrogen-bond donors (Lipinski definition) is 0. The number of rotatable bonds is 9. The summed E-state index contributed by atoms with van der Waals surface area (Å²) in [5.41, 5.74) is 6.58. The third-order valence-corrected chi connectivity index (χ3v) is 9.14. The van der Waals surface area contributed by atoms with Crippen LogP contribution in [-0.2, 0) is 10.8 Å². The van der Waals surface area contributed by atoms with E-state index in [-0.39, 0.29) is 10.8 Å². The summed E-state index contributed by atoms with van der Waals surface area (Å²) in [6.07, 6.45) is 2.02. The van der Waals surface area contributed by atoms with Gasteiger partial charge in [-0.05, 0) is 73.2 Å². The van der Waals surface area contributed by atoms with E-state index in [1.165, 1.54) is 16.7 Å². The van der Waals surface area contributed by atoms with Crippen LogP contribution in [0, 0.1) is 0 Å². The van der Waals surface area contributed by atoms with E-state index in [0.29, 0.717) is 6.61 Å². The van der Waals surface area contributed by atoms with Crippen LogP contribution in [-0.4, -0.2) is 21.6 Å². The molecule has 4 aromatic carbocycles. The highest BCUT2D eigenvalue weighted by atomic mass is 79.9. The van der Waals surface area contributed by atoms with Gasteiger partial charge in [-0.15, -0.1) is 15.0 Å². The summed E-state index contributed by atoms with van der Waals surface area (Å²) in [7, 11) is 0. The fourth-order valence-corrected chi connectivity index (χ4v) is 5.93. The number of halogens is 2. The van der Waals surface area contributed by atoms with Crippen molar-refractivity contribution in [2.45, 2.75) is 58.3 Å². The third-order valence-electron chi connectivity index (χ3n) is 7.86. The monoisotopic (exact) mass is 659 g/mol. The van der Waals surface area contributed by atoms with Crippen LogP contribution in [0.4, 0.5) is 0 Å². The van der Waals surface area contributed by atoms with Gasteiger partial charge in [0.05, 0.1) is 6.61 Å². The van der Waals surface area contributed by atoms with Crippen LogP contribution in [0.1, 0.15) is 69.7 Å². The maximum atomic E-state index is 6.68. The van der Waals surface area contributed by atoms with E-state index >= 15 is 0 Å². The molecule has 0 saturated heterocycles. The summed E-state index contributed by atoms with van der Waals surface area (Å²) in [5.74, 6) is 0.822. The Balaban J connectivity index is 1.83. The second kappa shape index (κ2) is 11.5. The number of ether oxygens (including phenoxy) is 1. The summed E-state index contributed by atoms with van der Waals surface area (Å²) in [4.78, 5) is 1.75. The zero-order valence-corrected chi connectivity index (χ0v) is 26.9. The predicted octanol–water partition coefficient (Wildman–Crippen LogP) is 9.78. The van der Waals surface area contributed by atoms with Crippen LogP contribution in [0.5, 0.6) is 5.75 Å². The lowest BCUT2D eigenvalue weighted by Crippen LogP contribution is -2.25. The lowest BCUT2D eigenvalue weighted by molar-refractivity contribution is 0.300. The van der Waals surface area contributed by atoms with E-state index in [2.05, 4.69) is 139 Å². The van der Waals surface area contributed by atoms with Crippen LogP contribution in [0.25, 0.3) is 16.7 Å². The van der Waals surface area contributed by atoms with Crippen LogP contribution in [0.3, 0.4) is 0 Å². The molecule has 0 radical (unpaired) electrons. The molecule has 1 heterocycles. The molecule has 0 amide bonds. The number of aromatic nitrogens is 3. The molecule has 0 saturated carbocycles. The molecule has 0 bridgehead atoms. The van der Waals surface area contributed by atoms with Crippen LogP contribution in [0.15, 0.2) is 93.9 Å². The van der Waals surface area contributed by atoms with Gasteiger partial charge < -0.3 is 4.74 Å². The molecule has 0 fully saturated rings. The molecule has 40 heavy (non-hydrogen) atoms. The molecular weight excluding hydrogens is 626 g/mol. The van der Waals surface area contributed by atoms with Gasteiger partial charge in [0.2, 0.25) is 0 Å². The Morgan fingerprint density at radius 3 is 1.75 bits per heavy atom. The SMILES string of the molecule is CCCCOc1c(-n2nc3c(Br)ccc(Br)c3n2)cc(C(C)(C)c2ccccc2)cc1C(C)(C)c1ccccc1. The molecule has 0 aliphatic rings. The number of hydrogen-bond acceptors (Lipinski definition) is 3. The Kier molecular flexibility index (Phi) is 8.21. The standard InChI is InChI=1S/C34H35Br2N3O/c1-6-7-20-40-32-26(34(4,5)24-16-12-9-13-17-24)21-25(33(2,3)23-14-10-8-11-15-23)22-29(32)39-37-30-27(35)18-19-28(36)31(30)38-39/h8-19,21-22H,6-7,20H2,1-5H3. The zero-order chi connectivity index (χ0) is 28.5. The zero-order valence-electron chi connectivity index (χ0n) is 23.7. The predicted molar refractivity (Wildman–Crippen MR) is 172 cm³/mol. The van der Waals surface area contributed by atoms with Crippen LogP contribution in [0.2, 0.25) is 0 Å². The Morgan fingerprint density at radius 1 is 0.700 bits per heavy atom. The largest absolute Gasteiger partial charge is 0.491 e. The van der Waals surface area contributed by atoms with Crippen LogP contribution >= 0.6 is 31.9 Å². The molecule has 0 unspecified atom stereocenters. The number of unbranched alkanes of at least 4 members (excludes halogenated alkanes) is 1. The van der Waals surface area contributed by atoms with Crippen LogP contribution < -0.4 is 4.74 Å². The van der Waals surface area contributed by atoms with Crippen molar-refractivity contribution < 1.29 is 4.74 Å². The van der Waals surface area contributed by atoms with Gasteiger partial charge in [-0.3, -0.25) is 0 Å². The third kappa shape index (κ3) is 5.36. The van der Waals surface area contributed by atoms with Gasteiger partial charge in [-0.2, -0.15) is 0 Å². The van der Waals surface area contributed by atoms with Crippen molar-refractivity contribution in [2.24, 2.45) is 0 Å². The van der Waals surface area contributed by atoms with Crippen molar-refractivity contribution in [2.75, 3.05) is 6.61 Å². The average molecular weight is 661 g/mol. The maximum absolute atomic E-state index is 6.68. The van der Waals surface area contributed by atoms with Gasteiger partial charge in [0, 0.05) is 25.3 Å². The second-order valence-electron chi connectivity index (χ2n) is 11.3. The molecule has 206 valence electrons. The number of benzene rings is 4. The van der Waals surface area contributed by atoms with E-state index in [1.54, 1.807) is 4.80 Å². The average Bonchev–Trinajstić information content (AvgIpc) is 3.43. The van der Waals surface area contributed by atoms with Crippen molar-refractivity contribution >= 4 is 42.9 Å². The van der Waals surface area contributed by atoms with Crippen molar-refractivity contribution in [3.8, 4) is 11.4 Å². The van der Waals surface area contributed by atoms with Crippen molar-refractivity contribution in [1.82, 2.24) is 15.0 Å². The second-order valence-corrected chi connectivity index (χ2v) is 13.0. The molecule has 0 atom stereocenters. The van der Waals surface area contributed by atoms with Crippen molar-refractivity contribution in [1.29, 1.82) is 0 Å². The van der Waals surface area contributed by atoms with Gasteiger partial charge in [-0.1, -0.05) is 108 Å². The summed E-state index contributed by atoms with van der Waals surface area (Å²) in [5, 5.41) is 9.95. The molecule has 4 nitrogen and oxygen atoms in total. The molecule has 5 rings (SSSR count). The quantitative estimate of drug-likeness (QED) is 0.148. The minimum atomic E-state index is -0.339. The highest BCUT2D eigenvalue weighted by Crippen LogP contribution is 2.45. The number of fused-ring (bicyclic) bond motifs is 1. The molecular formula is C34H35Br2N3O. The minimum absolute atomic E-state index is 0.271. The van der Waals surface area contributed by atoms with Crippen molar-refractivity contribution in [3.63, 3.8) is 0 Å². The van der Waals surface area contributed by atoms with E-state index in [9.17, 15) is 0 Å². The smallest absolute Gasteiger partial charge is 0.150 e. The highest BCUT2D eigenvalue weighted by Gasteiger charge is 2.33. The molecule has 6 heteroatoms. The fourth-order valence-electron chi connectivity index (χ4n) is 5.13. The lowest BCUT2D eigenvalue weighted by atomic mass is 9.72. The van der Waals surface area contributed by atoms with Gasteiger partial charge in [0.15, 0.2) is 5.75 Å². The Labute approximate surface area is 254 Å². The normalized spacial score (nSPS) is 12.2. The van der Waals surface area contributed by atoms with E-state index in [0.717, 1.165) is 49.8 Å². The van der Waals surface area contributed by atoms with Gasteiger partial charge in [0.1, 0.15) is 16.7 Å². The van der Waals surface area contributed by atoms with Gasteiger partial charge in [0.25, 0.3) is 0 Å². The Hall–Kier alpha value is -2.96. The Bertz CT molecular complexity index is 1590. The summed E-state index contributed by atoms with van der Waals surface area (Å²) in [6.45, 7) is 11.9.